The maximum absolute atomic E-state index is 12.4. The monoisotopic (exact) mass is 344 g/mol. The minimum atomic E-state index is -4.50. The van der Waals surface area contributed by atoms with Gasteiger partial charge in [0.25, 0.3) is 0 Å². The van der Waals surface area contributed by atoms with Gasteiger partial charge < -0.3 is 5.11 Å². The molecule has 0 heterocycles. The molecule has 0 spiro atoms. The van der Waals surface area contributed by atoms with Crippen LogP contribution in [0.5, 0.6) is 5.75 Å². The van der Waals surface area contributed by atoms with Gasteiger partial charge in [0, 0.05) is 4.47 Å². The van der Waals surface area contributed by atoms with E-state index in [4.69, 9.17) is 0 Å². The van der Waals surface area contributed by atoms with Gasteiger partial charge in [0.2, 0.25) is 0 Å². The Balaban J connectivity index is 2.26. The second-order valence-electron chi connectivity index (χ2n) is 3.88. The molecule has 0 aliphatic carbocycles. The molecule has 0 radical (unpaired) electrons. The molecule has 0 saturated heterocycles. The first-order valence-electron chi connectivity index (χ1n) is 5.44. The number of benzene rings is 2. The van der Waals surface area contributed by atoms with E-state index in [1.807, 2.05) is 0 Å². The van der Waals surface area contributed by atoms with Crippen LogP contribution in [0.3, 0.4) is 0 Å². The van der Waals surface area contributed by atoms with Crippen LogP contribution < -0.4 is 0 Å². The van der Waals surface area contributed by atoms with Crippen LogP contribution in [0, 0.1) is 0 Å². The number of phenols is 1. The van der Waals surface area contributed by atoms with Crippen molar-refractivity contribution in [2.45, 2.75) is 6.18 Å². The number of alkyl halides is 3. The van der Waals surface area contributed by atoms with Gasteiger partial charge in [0.05, 0.1) is 11.3 Å². The predicted molar refractivity (Wildman–Crippen MR) is 71.4 cm³/mol. The van der Waals surface area contributed by atoms with Gasteiger partial charge in [-0.2, -0.15) is 18.3 Å². The van der Waals surface area contributed by atoms with Gasteiger partial charge in [-0.1, -0.05) is 22.0 Å². The highest BCUT2D eigenvalue weighted by Gasteiger charge is 2.31. The number of hydrogen-bond acceptors (Lipinski definition) is 3. The summed E-state index contributed by atoms with van der Waals surface area (Å²) in [5, 5.41) is 17.1. The Bertz CT molecular complexity index is 656. The summed E-state index contributed by atoms with van der Waals surface area (Å²) in [6.45, 7) is 0. The Hall–Kier alpha value is -1.89. The van der Waals surface area contributed by atoms with Crippen molar-refractivity contribution < 1.29 is 18.3 Å². The van der Waals surface area contributed by atoms with E-state index in [9.17, 15) is 18.3 Å². The molecule has 2 rings (SSSR count). The maximum Gasteiger partial charge on any atom is 0.416 e. The molecule has 104 valence electrons. The molecule has 0 aromatic heterocycles. The van der Waals surface area contributed by atoms with Crippen LogP contribution in [-0.4, -0.2) is 5.11 Å². The van der Waals surface area contributed by atoms with Crippen molar-refractivity contribution in [3.05, 3.63) is 52.5 Å². The van der Waals surface area contributed by atoms with Crippen LogP contribution in [0.15, 0.2) is 57.2 Å². The summed E-state index contributed by atoms with van der Waals surface area (Å²) in [7, 11) is 0. The molecule has 0 bridgehead atoms. The quantitative estimate of drug-likeness (QED) is 0.709. The van der Waals surface area contributed by atoms with Crippen LogP contribution >= 0.6 is 15.9 Å². The smallest absolute Gasteiger partial charge is 0.416 e. The Morgan fingerprint density at radius 2 is 1.75 bits per heavy atom. The molecular formula is C13H8BrF3N2O. The van der Waals surface area contributed by atoms with Crippen molar-refractivity contribution in [3.63, 3.8) is 0 Å². The van der Waals surface area contributed by atoms with E-state index in [1.54, 1.807) is 24.3 Å². The van der Waals surface area contributed by atoms with E-state index in [-0.39, 0.29) is 5.69 Å². The zero-order valence-corrected chi connectivity index (χ0v) is 11.5. The first kappa shape index (κ1) is 14.5. The molecule has 2 aromatic carbocycles. The number of halogens is 4. The normalized spacial score (nSPS) is 12.0. The standard InChI is InChI=1S/C13H8BrF3N2O/c14-9-2-1-3-10(7-9)18-19-11-5-4-8(6-12(11)20)13(15,16)17/h1-7,20H. The second-order valence-corrected chi connectivity index (χ2v) is 4.80. The molecule has 0 fully saturated rings. The fraction of sp³-hybridized carbons (Fsp3) is 0.0769. The Morgan fingerprint density at radius 3 is 2.35 bits per heavy atom. The Kier molecular flexibility index (Phi) is 4.08. The third-order valence-electron chi connectivity index (χ3n) is 2.38. The van der Waals surface area contributed by atoms with Crippen LogP contribution in [0.1, 0.15) is 5.56 Å². The summed E-state index contributed by atoms with van der Waals surface area (Å²) in [6, 6.07) is 9.43. The van der Waals surface area contributed by atoms with Gasteiger partial charge in [-0.05, 0) is 36.4 Å². The minimum Gasteiger partial charge on any atom is -0.506 e. The molecular weight excluding hydrogens is 337 g/mol. The second kappa shape index (κ2) is 5.62. The van der Waals surface area contributed by atoms with E-state index in [1.165, 1.54) is 0 Å². The van der Waals surface area contributed by atoms with Crippen molar-refractivity contribution in [1.82, 2.24) is 0 Å². The molecule has 7 heteroatoms. The molecule has 0 aliphatic heterocycles. The molecule has 0 saturated carbocycles. The summed E-state index contributed by atoms with van der Waals surface area (Å²) in [4.78, 5) is 0. The average Bonchev–Trinajstić information content (AvgIpc) is 2.36. The van der Waals surface area contributed by atoms with Gasteiger partial charge in [0.1, 0.15) is 11.4 Å². The highest BCUT2D eigenvalue weighted by molar-refractivity contribution is 9.10. The van der Waals surface area contributed by atoms with Crippen LogP contribution in [-0.2, 0) is 6.18 Å². The van der Waals surface area contributed by atoms with Crippen molar-refractivity contribution in [3.8, 4) is 5.75 Å². The first-order valence-corrected chi connectivity index (χ1v) is 6.23. The van der Waals surface area contributed by atoms with Gasteiger partial charge in [-0.3, -0.25) is 0 Å². The SMILES string of the molecule is Oc1cc(C(F)(F)F)ccc1N=Nc1cccc(Br)c1. The molecule has 2 aromatic rings. The van der Waals surface area contributed by atoms with Crippen molar-refractivity contribution in [1.29, 1.82) is 0 Å². The lowest BCUT2D eigenvalue weighted by Crippen LogP contribution is -2.03. The predicted octanol–water partition coefficient (Wildman–Crippen LogP) is 5.59. The summed E-state index contributed by atoms with van der Waals surface area (Å²) < 4.78 is 38.1. The van der Waals surface area contributed by atoms with Crippen molar-refractivity contribution in [2.24, 2.45) is 10.2 Å². The third-order valence-corrected chi connectivity index (χ3v) is 2.88. The zero-order valence-electron chi connectivity index (χ0n) is 9.89. The molecule has 0 amide bonds. The lowest BCUT2D eigenvalue weighted by atomic mass is 10.2. The fourth-order valence-corrected chi connectivity index (χ4v) is 1.82. The third kappa shape index (κ3) is 3.57. The molecule has 0 atom stereocenters. The van der Waals surface area contributed by atoms with E-state index in [0.717, 1.165) is 16.6 Å². The summed E-state index contributed by atoms with van der Waals surface area (Å²) >= 11 is 3.26. The number of hydrogen-bond donors (Lipinski definition) is 1. The molecule has 3 nitrogen and oxygen atoms in total. The molecule has 0 aliphatic rings. The lowest BCUT2D eigenvalue weighted by Gasteiger charge is -2.07. The Labute approximate surface area is 120 Å². The van der Waals surface area contributed by atoms with Crippen LogP contribution in [0.2, 0.25) is 0 Å². The van der Waals surface area contributed by atoms with Gasteiger partial charge in [-0.25, -0.2) is 0 Å². The number of nitrogens with zero attached hydrogens (tertiary/aromatic N) is 2. The minimum absolute atomic E-state index is 0.0297. The van der Waals surface area contributed by atoms with Gasteiger partial charge in [0.15, 0.2) is 0 Å². The van der Waals surface area contributed by atoms with Crippen molar-refractivity contribution >= 4 is 27.3 Å². The Morgan fingerprint density at radius 1 is 1.00 bits per heavy atom. The largest absolute Gasteiger partial charge is 0.506 e. The van der Waals surface area contributed by atoms with E-state index >= 15 is 0 Å². The molecule has 20 heavy (non-hydrogen) atoms. The highest BCUT2D eigenvalue weighted by atomic mass is 79.9. The van der Waals surface area contributed by atoms with Gasteiger partial charge in [-0.15, -0.1) is 5.11 Å². The fourth-order valence-electron chi connectivity index (χ4n) is 1.43. The highest BCUT2D eigenvalue weighted by Crippen LogP contribution is 2.36. The van der Waals surface area contributed by atoms with Crippen LogP contribution in [0.4, 0.5) is 24.5 Å². The van der Waals surface area contributed by atoms with Crippen LogP contribution in [0.25, 0.3) is 0 Å². The maximum atomic E-state index is 12.4. The number of azo groups is 1. The average molecular weight is 345 g/mol. The summed E-state index contributed by atoms with van der Waals surface area (Å²) in [6.07, 6.45) is -4.50. The lowest BCUT2D eigenvalue weighted by molar-refractivity contribution is -0.137. The van der Waals surface area contributed by atoms with E-state index < -0.39 is 17.5 Å². The topological polar surface area (TPSA) is 45.0 Å². The summed E-state index contributed by atoms with van der Waals surface area (Å²) in [5.74, 6) is -0.571. The first-order chi connectivity index (χ1) is 9.36. The summed E-state index contributed by atoms with van der Waals surface area (Å²) in [5.41, 5.74) is -0.451. The van der Waals surface area contributed by atoms with E-state index in [0.29, 0.717) is 11.8 Å². The molecule has 1 N–H and O–H groups in total. The number of phenolic OH excluding ortho intramolecular Hbond substituents is 1. The number of rotatable bonds is 2. The zero-order chi connectivity index (χ0) is 14.8. The van der Waals surface area contributed by atoms with Crippen molar-refractivity contribution in [2.75, 3.05) is 0 Å². The van der Waals surface area contributed by atoms with E-state index in [2.05, 4.69) is 26.2 Å². The van der Waals surface area contributed by atoms with Gasteiger partial charge >= 0.3 is 6.18 Å². The molecule has 0 unspecified atom stereocenters. The number of aromatic hydroxyl groups is 1.